The van der Waals surface area contributed by atoms with Gasteiger partial charge in [0.1, 0.15) is 0 Å². The van der Waals surface area contributed by atoms with Crippen molar-refractivity contribution < 1.29 is 4.79 Å². The van der Waals surface area contributed by atoms with Gasteiger partial charge < -0.3 is 5.32 Å². The number of allylic oxidation sites excluding steroid dienone is 1. The van der Waals surface area contributed by atoms with Crippen LogP contribution < -0.4 is 5.32 Å². The average molecular weight is 181 g/mol. The van der Waals surface area contributed by atoms with Crippen LogP contribution in [0.1, 0.15) is 23.0 Å². The van der Waals surface area contributed by atoms with Crippen LogP contribution in [0.15, 0.2) is 29.8 Å². The zero-order chi connectivity index (χ0) is 8.97. The molecule has 0 atom stereocenters. The van der Waals surface area contributed by atoms with Crippen molar-refractivity contribution in [2.75, 3.05) is 0 Å². The SMILES string of the molecule is C=C(CC)NC(=O)c1cccs1. The van der Waals surface area contributed by atoms with Gasteiger partial charge in [0.15, 0.2) is 0 Å². The van der Waals surface area contributed by atoms with Gasteiger partial charge in [0.25, 0.3) is 5.91 Å². The molecule has 0 saturated heterocycles. The van der Waals surface area contributed by atoms with Crippen LogP contribution in [0, 0.1) is 0 Å². The molecule has 1 heterocycles. The minimum Gasteiger partial charge on any atom is -0.326 e. The Morgan fingerprint density at radius 2 is 2.50 bits per heavy atom. The number of hydrogen-bond donors (Lipinski definition) is 1. The molecule has 1 aromatic rings. The largest absolute Gasteiger partial charge is 0.326 e. The minimum absolute atomic E-state index is 0.0585. The summed E-state index contributed by atoms with van der Waals surface area (Å²) < 4.78 is 0. The quantitative estimate of drug-likeness (QED) is 0.762. The van der Waals surface area contributed by atoms with Crippen molar-refractivity contribution in [2.24, 2.45) is 0 Å². The predicted octanol–water partition coefficient (Wildman–Crippen LogP) is 2.40. The third-order valence-corrected chi connectivity index (χ3v) is 2.33. The number of rotatable bonds is 3. The first kappa shape index (κ1) is 9.00. The van der Waals surface area contributed by atoms with E-state index < -0.39 is 0 Å². The summed E-state index contributed by atoms with van der Waals surface area (Å²) in [6.45, 7) is 5.65. The molecule has 0 aliphatic rings. The summed E-state index contributed by atoms with van der Waals surface area (Å²) in [5.74, 6) is -0.0585. The van der Waals surface area contributed by atoms with Gasteiger partial charge in [-0.25, -0.2) is 0 Å². The van der Waals surface area contributed by atoms with Gasteiger partial charge in [-0.2, -0.15) is 0 Å². The second-order valence-corrected chi connectivity index (χ2v) is 3.34. The number of nitrogens with one attached hydrogen (secondary N) is 1. The van der Waals surface area contributed by atoms with Crippen molar-refractivity contribution in [1.29, 1.82) is 0 Å². The first-order chi connectivity index (χ1) is 5.74. The van der Waals surface area contributed by atoms with Crippen LogP contribution in [-0.2, 0) is 0 Å². The van der Waals surface area contributed by atoms with Crippen molar-refractivity contribution in [3.63, 3.8) is 0 Å². The molecule has 1 amide bonds. The first-order valence-electron chi connectivity index (χ1n) is 3.76. The summed E-state index contributed by atoms with van der Waals surface area (Å²) in [7, 11) is 0. The van der Waals surface area contributed by atoms with Gasteiger partial charge in [0.2, 0.25) is 0 Å². The highest BCUT2D eigenvalue weighted by Gasteiger charge is 2.05. The molecular formula is C9H11NOS. The predicted molar refractivity (Wildman–Crippen MR) is 51.2 cm³/mol. The normalized spacial score (nSPS) is 9.42. The van der Waals surface area contributed by atoms with Gasteiger partial charge >= 0.3 is 0 Å². The van der Waals surface area contributed by atoms with E-state index in [1.165, 1.54) is 11.3 Å². The average Bonchev–Trinajstić information content (AvgIpc) is 2.56. The third kappa shape index (κ3) is 2.20. The van der Waals surface area contributed by atoms with Crippen LogP contribution in [0.4, 0.5) is 0 Å². The van der Waals surface area contributed by atoms with Gasteiger partial charge in [-0.1, -0.05) is 19.6 Å². The molecule has 0 aromatic carbocycles. The van der Waals surface area contributed by atoms with Crippen LogP contribution in [0.25, 0.3) is 0 Å². The Labute approximate surface area is 75.9 Å². The fraction of sp³-hybridized carbons (Fsp3) is 0.222. The summed E-state index contributed by atoms with van der Waals surface area (Å²) >= 11 is 1.43. The molecule has 1 N–H and O–H groups in total. The second kappa shape index (κ2) is 4.07. The zero-order valence-corrected chi connectivity index (χ0v) is 7.78. The Balaban J connectivity index is 2.56. The lowest BCUT2D eigenvalue weighted by molar-refractivity contribution is 0.0969. The van der Waals surface area contributed by atoms with E-state index >= 15 is 0 Å². The molecular weight excluding hydrogens is 170 g/mol. The Morgan fingerprint density at radius 3 is 3.00 bits per heavy atom. The lowest BCUT2D eigenvalue weighted by atomic mass is 10.3. The summed E-state index contributed by atoms with van der Waals surface area (Å²) in [5, 5.41) is 4.59. The van der Waals surface area contributed by atoms with Crippen LogP contribution >= 0.6 is 11.3 Å². The highest BCUT2D eigenvalue weighted by molar-refractivity contribution is 7.12. The molecule has 0 spiro atoms. The highest BCUT2D eigenvalue weighted by atomic mass is 32.1. The molecule has 0 fully saturated rings. The first-order valence-corrected chi connectivity index (χ1v) is 4.64. The molecule has 0 aliphatic heterocycles. The van der Waals surface area contributed by atoms with E-state index in [0.29, 0.717) is 0 Å². The monoisotopic (exact) mass is 181 g/mol. The fourth-order valence-corrected chi connectivity index (χ4v) is 1.34. The van der Waals surface area contributed by atoms with Crippen molar-refractivity contribution in [2.45, 2.75) is 13.3 Å². The maximum Gasteiger partial charge on any atom is 0.265 e. The number of hydrogen-bond acceptors (Lipinski definition) is 2. The van der Waals surface area contributed by atoms with Crippen molar-refractivity contribution >= 4 is 17.2 Å². The molecule has 64 valence electrons. The number of amides is 1. The molecule has 1 aromatic heterocycles. The van der Waals surface area contributed by atoms with Gasteiger partial charge in [-0.3, -0.25) is 4.79 Å². The summed E-state index contributed by atoms with van der Waals surface area (Å²) in [4.78, 5) is 12.0. The Morgan fingerprint density at radius 1 is 1.75 bits per heavy atom. The van der Waals surface area contributed by atoms with Crippen LogP contribution in [0.5, 0.6) is 0 Å². The fourth-order valence-electron chi connectivity index (χ4n) is 0.718. The summed E-state index contributed by atoms with van der Waals surface area (Å²) in [6, 6.07) is 3.65. The molecule has 0 aliphatic carbocycles. The van der Waals surface area contributed by atoms with Gasteiger partial charge in [-0.15, -0.1) is 11.3 Å². The molecule has 2 nitrogen and oxygen atoms in total. The smallest absolute Gasteiger partial charge is 0.265 e. The third-order valence-electron chi connectivity index (χ3n) is 1.46. The topological polar surface area (TPSA) is 29.1 Å². The Hall–Kier alpha value is -1.09. The molecule has 1 rings (SSSR count). The number of carbonyl (C=O) groups is 1. The second-order valence-electron chi connectivity index (χ2n) is 2.39. The maximum absolute atomic E-state index is 11.3. The molecule has 3 heteroatoms. The number of thiophene rings is 1. The summed E-state index contributed by atoms with van der Waals surface area (Å²) in [6.07, 6.45) is 0.775. The van der Waals surface area contributed by atoms with Crippen LogP contribution in [0.3, 0.4) is 0 Å². The van der Waals surface area contributed by atoms with E-state index in [1.54, 1.807) is 6.07 Å². The van der Waals surface area contributed by atoms with Crippen molar-refractivity contribution in [3.05, 3.63) is 34.7 Å². The molecule has 0 bridgehead atoms. The molecule has 0 saturated carbocycles. The van der Waals surface area contributed by atoms with E-state index in [0.717, 1.165) is 17.0 Å². The standard InChI is InChI=1S/C9H11NOS/c1-3-7(2)10-9(11)8-5-4-6-12-8/h4-6H,2-3H2,1H3,(H,10,11). The van der Waals surface area contributed by atoms with Crippen LogP contribution in [0.2, 0.25) is 0 Å². The molecule has 0 unspecified atom stereocenters. The highest BCUT2D eigenvalue weighted by Crippen LogP contribution is 2.08. The maximum atomic E-state index is 11.3. The van der Waals surface area contributed by atoms with Gasteiger partial charge in [-0.05, 0) is 17.9 Å². The van der Waals surface area contributed by atoms with Gasteiger partial charge in [0.05, 0.1) is 4.88 Å². The number of carbonyl (C=O) groups excluding carboxylic acids is 1. The van der Waals surface area contributed by atoms with Crippen molar-refractivity contribution in [3.8, 4) is 0 Å². The van der Waals surface area contributed by atoms with E-state index in [1.807, 2.05) is 18.4 Å². The van der Waals surface area contributed by atoms with Crippen molar-refractivity contribution in [1.82, 2.24) is 5.32 Å². The molecule has 12 heavy (non-hydrogen) atoms. The van der Waals surface area contributed by atoms with E-state index in [-0.39, 0.29) is 5.91 Å². The lowest BCUT2D eigenvalue weighted by Gasteiger charge is -2.02. The molecule has 0 radical (unpaired) electrons. The lowest BCUT2D eigenvalue weighted by Crippen LogP contribution is -2.20. The van der Waals surface area contributed by atoms with E-state index in [2.05, 4.69) is 11.9 Å². The summed E-state index contributed by atoms with van der Waals surface area (Å²) in [5.41, 5.74) is 0.758. The van der Waals surface area contributed by atoms with Gasteiger partial charge in [0, 0.05) is 5.70 Å². The van der Waals surface area contributed by atoms with Crippen LogP contribution in [-0.4, -0.2) is 5.91 Å². The minimum atomic E-state index is -0.0585. The zero-order valence-electron chi connectivity index (χ0n) is 6.96. The van der Waals surface area contributed by atoms with E-state index in [9.17, 15) is 4.79 Å². The Kier molecular flexibility index (Phi) is 3.05. The van der Waals surface area contributed by atoms with E-state index in [4.69, 9.17) is 0 Å². The Bertz CT molecular complexity index is 277.